The van der Waals surface area contributed by atoms with Crippen LogP contribution in [0.4, 0.5) is 0 Å². The van der Waals surface area contributed by atoms with Crippen LogP contribution in [0.25, 0.3) is 0 Å². The Morgan fingerprint density at radius 3 is 2.29 bits per heavy atom. The SMILES string of the molecule is CNC(=O)CN1CCN(C(=O)[C@@H]2CCC[C@@H]2C(=O)O)CC1. The first-order chi connectivity index (χ1) is 10.0. The molecule has 1 saturated carbocycles. The summed E-state index contributed by atoms with van der Waals surface area (Å²) < 4.78 is 0. The van der Waals surface area contributed by atoms with Gasteiger partial charge in [-0.05, 0) is 12.8 Å². The highest BCUT2D eigenvalue weighted by Gasteiger charge is 2.40. The molecule has 2 amide bonds. The molecule has 7 heteroatoms. The molecule has 0 aromatic carbocycles. The Morgan fingerprint density at radius 1 is 1.10 bits per heavy atom. The third-order valence-electron chi connectivity index (χ3n) is 4.48. The second-order valence-electron chi connectivity index (χ2n) is 5.76. The molecule has 2 aliphatic rings. The lowest BCUT2D eigenvalue weighted by molar-refractivity contribution is -0.149. The van der Waals surface area contributed by atoms with E-state index in [1.54, 1.807) is 11.9 Å². The van der Waals surface area contributed by atoms with Gasteiger partial charge in [0.25, 0.3) is 0 Å². The third kappa shape index (κ3) is 3.72. The standard InChI is InChI=1S/C14H23N3O4/c1-15-12(18)9-16-5-7-17(8-6-16)13(19)10-3-2-4-11(10)14(20)21/h10-11H,2-9H2,1H3,(H,15,18)(H,20,21)/t10-,11+/m1/s1. The van der Waals surface area contributed by atoms with E-state index in [0.717, 1.165) is 6.42 Å². The van der Waals surface area contributed by atoms with E-state index in [0.29, 0.717) is 45.6 Å². The average molecular weight is 297 g/mol. The minimum atomic E-state index is -0.857. The van der Waals surface area contributed by atoms with Crippen molar-refractivity contribution in [1.82, 2.24) is 15.1 Å². The molecule has 1 aliphatic heterocycles. The number of nitrogens with one attached hydrogen (secondary N) is 1. The number of carbonyl (C=O) groups excluding carboxylic acids is 2. The summed E-state index contributed by atoms with van der Waals surface area (Å²) in [5.74, 6) is -1.81. The molecule has 21 heavy (non-hydrogen) atoms. The maximum atomic E-state index is 12.5. The molecule has 2 fully saturated rings. The fourth-order valence-corrected chi connectivity index (χ4v) is 3.19. The van der Waals surface area contributed by atoms with E-state index in [9.17, 15) is 19.5 Å². The van der Waals surface area contributed by atoms with E-state index in [1.165, 1.54) is 0 Å². The maximum Gasteiger partial charge on any atom is 0.307 e. The highest BCUT2D eigenvalue weighted by Crippen LogP contribution is 2.33. The normalized spacial score (nSPS) is 26.6. The van der Waals surface area contributed by atoms with E-state index in [-0.39, 0.29) is 17.7 Å². The summed E-state index contributed by atoms with van der Waals surface area (Å²) in [6.07, 6.45) is 2.08. The molecule has 2 atom stereocenters. The van der Waals surface area contributed by atoms with Crippen LogP contribution in [0.15, 0.2) is 0 Å². The van der Waals surface area contributed by atoms with Crippen molar-refractivity contribution in [2.24, 2.45) is 11.8 Å². The summed E-state index contributed by atoms with van der Waals surface area (Å²) in [5, 5.41) is 11.8. The van der Waals surface area contributed by atoms with Gasteiger partial charge in [0.15, 0.2) is 0 Å². The van der Waals surface area contributed by atoms with Crippen molar-refractivity contribution in [3.05, 3.63) is 0 Å². The lowest BCUT2D eigenvalue weighted by atomic mass is 9.94. The zero-order chi connectivity index (χ0) is 15.4. The molecular formula is C14H23N3O4. The van der Waals surface area contributed by atoms with Crippen LogP contribution in [0.2, 0.25) is 0 Å². The monoisotopic (exact) mass is 297 g/mol. The van der Waals surface area contributed by atoms with Crippen LogP contribution < -0.4 is 5.32 Å². The number of carboxylic acid groups (broad SMARTS) is 1. The molecule has 7 nitrogen and oxygen atoms in total. The van der Waals surface area contributed by atoms with Gasteiger partial charge in [0, 0.05) is 33.2 Å². The van der Waals surface area contributed by atoms with Crippen LogP contribution in [0.3, 0.4) is 0 Å². The fraction of sp³-hybridized carbons (Fsp3) is 0.786. The van der Waals surface area contributed by atoms with Gasteiger partial charge in [0.2, 0.25) is 11.8 Å². The number of aliphatic carboxylic acids is 1. The van der Waals surface area contributed by atoms with E-state index < -0.39 is 11.9 Å². The summed E-state index contributed by atoms with van der Waals surface area (Å²) in [4.78, 5) is 38.7. The Balaban J connectivity index is 1.85. The third-order valence-corrected chi connectivity index (χ3v) is 4.48. The van der Waals surface area contributed by atoms with Crippen molar-refractivity contribution in [2.75, 3.05) is 39.8 Å². The van der Waals surface area contributed by atoms with Crippen molar-refractivity contribution >= 4 is 17.8 Å². The first-order valence-electron chi connectivity index (χ1n) is 7.47. The number of rotatable bonds is 4. The molecule has 1 saturated heterocycles. The van der Waals surface area contributed by atoms with E-state index in [1.807, 2.05) is 4.90 Å². The Kier molecular flexibility index (Phi) is 5.17. The average Bonchev–Trinajstić information content (AvgIpc) is 2.96. The number of carboxylic acids is 1. The number of likely N-dealkylation sites (N-methyl/N-ethyl adjacent to an activating group) is 1. The summed E-state index contributed by atoms with van der Waals surface area (Å²) in [5.41, 5.74) is 0. The topological polar surface area (TPSA) is 90.0 Å². The van der Waals surface area contributed by atoms with Gasteiger partial charge in [-0.3, -0.25) is 19.3 Å². The Bertz CT molecular complexity index is 418. The summed E-state index contributed by atoms with van der Waals surface area (Å²) >= 11 is 0. The van der Waals surface area contributed by atoms with Gasteiger partial charge in [-0.25, -0.2) is 0 Å². The van der Waals surface area contributed by atoms with Crippen LogP contribution in [-0.2, 0) is 14.4 Å². The van der Waals surface area contributed by atoms with Gasteiger partial charge in [-0.15, -0.1) is 0 Å². The molecule has 0 radical (unpaired) electrons. The van der Waals surface area contributed by atoms with Crippen molar-refractivity contribution in [1.29, 1.82) is 0 Å². The number of amides is 2. The first-order valence-corrected chi connectivity index (χ1v) is 7.47. The number of hydrogen-bond acceptors (Lipinski definition) is 4. The predicted octanol–water partition coefficient (Wildman–Crippen LogP) is -0.622. The fourth-order valence-electron chi connectivity index (χ4n) is 3.19. The molecule has 1 aliphatic carbocycles. The lowest BCUT2D eigenvalue weighted by Gasteiger charge is -2.36. The molecule has 0 unspecified atom stereocenters. The lowest BCUT2D eigenvalue weighted by Crippen LogP contribution is -2.52. The molecule has 0 bridgehead atoms. The van der Waals surface area contributed by atoms with Gasteiger partial charge in [0.05, 0.1) is 18.4 Å². The van der Waals surface area contributed by atoms with E-state index >= 15 is 0 Å². The number of piperazine rings is 1. The molecule has 118 valence electrons. The molecule has 0 spiro atoms. The summed E-state index contributed by atoms with van der Waals surface area (Å²) in [6, 6.07) is 0. The Hall–Kier alpha value is -1.63. The van der Waals surface area contributed by atoms with Crippen LogP contribution in [0.5, 0.6) is 0 Å². The minimum Gasteiger partial charge on any atom is -0.481 e. The number of carbonyl (C=O) groups is 3. The number of nitrogens with zero attached hydrogens (tertiary/aromatic N) is 2. The quantitative estimate of drug-likeness (QED) is 0.721. The molecule has 2 rings (SSSR count). The Morgan fingerprint density at radius 2 is 1.71 bits per heavy atom. The second-order valence-corrected chi connectivity index (χ2v) is 5.76. The summed E-state index contributed by atoms with van der Waals surface area (Å²) in [6.45, 7) is 2.80. The predicted molar refractivity (Wildman–Crippen MR) is 75.6 cm³/mol. The van der Waals surface area contributed by atoms with Gasteiger partial charge in [-0.1, -0.05) is 6.42 Å². The zero-order valence-corrected chi connectivity index (χ0v) is 12.4. The molecule has 1 heterocycles. The van der Waals surface area contributed by atoms with Gasteiger partial charge < -0.3 is 15.3 Å². The van der Waals surface area contributed by atoms with Crippen LogP contribution in [-0.4, -0.2) is 72.5 Å². The van der Waals surface area contributed by atoms with Crippen LogP contribution in [0, 0.1) is 11.8 Å². The van der Waals surface area contributed by atoms with Gasteiger partial charge in [-0.2, -0.15) is 0 Å². The smallest absolute Gasteiger partial charge is 0.307 e. The van der Waals surface area contributed by atoms with Crippen LogP contribution >= 0.6 is 0 Å². The second kappa shape index (κ2) is 6.89. The Labute approximate surface area is 124 Å². The van der Waals surface area contributed by atoms with Crippen LogP contribution in [0.1, 0.15) is 19.3 Å². The molecule has 0 aromatic heterocycles. The van der Waals surface area contributed by atoms with Crippen molar-refractivity contribution in [3.63, 3.8) is 0 Å². The highest BCUT2D eigenvalue weighted by molar-refractivity contribution is 5.85. The first kappa shape index (κ1) is 15.8. The maximum absolute atomic E-state index is 12.5. The molecular weight excluding hydrogens is 274 g/mol. The molecule has 2 N–H and O–H groups in total. The van der Waals surface area contributed by atoms with Gasteiger partial charge >= 0.3 is 5.97 Å². The van der Waals surface area contributed by atoms with Crippen molar-refractivity contribution in [2.45, 2.75) is 19.3 Å². The van der Waals surface area contributed by atoms with Gasteiger partial charge in [0.1, 0.15) is 0 Å². The number of hydrogen-bond donors (Lipinski definition) is 2. The minimum absolute atomic E-state index is 0.0282. The highest BCUT2D eigenvalue weighted by atomic mass is 16.4. The largest absolute Gasteiger partial charge is 0.481 e. The van der Waals surface area contributed by atoms with Crippen molar-refractivity contribution in [3.8, 4) is 0 Å². The molecule has 0 aromatic rings. The van der Waals surface area contributed by atoms with Crippen molar-refractivity contribution < 1.29 is 19.5 Å². The van der Waals surface area contributed by atoms with E-state index in [4.69, 9.17) is 0 Å². The van der Waals surface area contributed by atoms with E-state index in [2.05, 4.69) is 5.32 Å². The summed E-state index contributed by atoms with van der Waals surface area (Å²) in [7, 11) is 1.61. The zero-order valence-electron chi connectivity index (χ0n) is 12.4.